The molecule has 0 bridgehead atoms. The third-order valence-electron chi connectivity index (χ3n) is 5.21. The van der Waals surface area contributed by atoms with Gasteiger partial charge in [-0.2, -0.15) is 0 Å². The topological polar surface area (TPSA) is 159 Å². The summed E-state index contributed by atoms with van der Waals surface area (Å²) in [6, 6.07) is 8.71. The van der Waals surface area contributed by atoms with Crippen molar-refractivity contribution in [2.24, 2.45) is 0 Å². The van der Waals surface area contributed by atoms with E-state index >= 15 is 0 Å². The van der Waals surface area contributed by atoms with E-state index in [2.05, 4.69) is 20.4 Å². The van der Waals surface area contributed by atoms with E-state index in [0.717, 1.165) is 62.0 Å². The summed E-state index contributed by atoms with van der Waals surface area (Å²) in [7, 11) is 0. The van der Waals surface area contributed by atoms with E-state index in [-0.39, 0.29) is 23.0 Å². The van der Waals surface area contributed by atoms with Gasteiger partial charge >= 0.3 is 0 Å². The van der Waals surface area contributed by atoms with Crippen LogP contribution in [0.25, 0.3) is 0 Å². The third-order valence-corrected chi connectivity index (χ3v) is 7.02. The number of aromatic nitrogens is 4. The van der Waals surface area contributed by atoms with Crippen LogP contribution in [-0.2, 0) is 12.8 Å². The molecule has 4 aromatic rings. The lowest BCUT2D eigenvalue weighted by Crippen LogP contribution is -1.88. The average Bonchev–Trinajstić information content (AvgIpc) is 3.48. The van der Waals surface area contributed by atoms with Crippen LogP contribution >= 0.6 is 23.5 Å². The van der Waals surface area contributed by atoms with Crippen LogP contribution in [0.1, 0.15) is 50.3 Å². The van der Waals surface area contributed by atoms with E-state index in [4.69, 9.17) is 8.83 Å². The number of hydrogen-bond acceptors (Lipinski definition) is 12. The minimum Gasteiger partial charge on any atom is -0.508 e. The monoisotopic (exact) mass is 530 g/mol. The van der Waals surface area contributed by atoms with Gasteiger partial charge in [-0.05, 0) is 60.6 Å². The minimum atomic E-state index is -0.0347. The fourth-order valence-corrected chi connectivity index (χ4v) is 4.81. The van der Waals surface area contributed by atoms with Gasteiger partial charge in [-0.25, -0.2) is 0 Å². The van der Waals surface area contributed by atoms with E-state index in [1.165, 1.54) is 24.3 Å². The molecule has 0 aliphatic heterocycles. The van der Waals surface area contributed by atoms with Crippen LogP contribution in [0.5, 0.6) is 23.0 Å². The zero-order valence-electron chi connectivity index (χ0n) is 19.3. The molecule has 0 amide bonds. The Hall–Kier alpha value is -3.38. The number of phenolic OH excluding ortho intramolecular Hbond substituents is 4. The van der Waals surface area contributed by atoms with E-state index in [1.807, 2.05) is 0 Å². The van der Waals surface area contributed by atoms with E-state index < -0.39 is 0 Å². The predicted octanol–water partition coefficient (Wildman–Crippen LogP) is 5.70. The number of aryl methyl sites for hydroxylation is 2. The summed E-state index contributed by atoms with van der Waals surface area (Å²) in [6.07, 6.45) is 7.62. The Morgan fingerprint density at radius 2 is 0.972 bits per heavy atom. The first-order chi connectivity index (χ1) is 17.5. The van der Waals surface area contributed by atoms with Crippen LogP contribution < -0.4 is 0 Å². The van der Waals surface area contributed by atoms with Crippen molar-refractivity contribution in [2.45, 2.75) is 71.6 Å². The van der Waals surface area contributed by atoms with Crippen molar-refractivity contribution in [3.8, 4) is 23.0 Å². The molecule has 0 unspecified atom stereocenters. The molecule has 10 nitrogen and oxygen atoms in total. The molecule has 0 aliphatic carbocycles. The lowest BCUT2D eigenvalue weighted by Gasteiger charge is -2.01. The van der Waals surface area contributed by atoms with E-state index in [0.29, 0.717) is 44.9 Å². The third kappa shape index (κ3) is 7.56. The normalized spacial score (nSPS) is 11.2. The van der Waals surface area contributed by atoms with Crippen LogP contribution in [0.4, 0.5) is 0 Å². The number of hydrogen-bond donors (Lipinski definition) is 4. The summed E-state index contributed by atoms with van der Waals surface area (Å²) >= 11 is 2.31. The molecule has 36 heavy (non-hydrogen) atoms. The van der Waals surface area contributed by atoms with Gasteiger partial charge in [0.2, 0.25) is 11.8 Å². The molecule has 4 N–H and O–H groups in total. The molecule has 0 saturated heterocycles. The molecule has 12 heteroatoms. The van der Waals surface area contributed by atoms with Crippen LogP contribution in [0, 0.1) is 0 Å². The van der Waals surface area contributed by atoms with Gasteiger partial charge in [-0.1, -0.05) is 25.7 Å². The fourth-order valence-electron chi connectivity index (χ4n) is 3.39. The highest BCUT2D eigenvalue weighted by molar-refractivity contribution is 7.99. The Kier molecular flexibility index (Phi) is 8.95. The van der Waals surface area contributed by atoms with E-state index in [1.54, 1.807) is 12.1 Å². The van der Waals surface area contributed by atoms with Crippen molar-refractivity contribution in [2.75, 3.05) is 0 Å². The Morgan fingerprint density at radius 3 is 1.39 bits per heavy atom. The smallest absolute Gasteiger partial charge is 0.281 e. The van der Waals surface area contributed by atoms with Crippen LogP contribution in [0.15, 0.2) is 65.5 Å². The minimum absolute atomic E-state index is 0.00480. The highest BCUT2D eigenvalue weighted by Crippen LogP contribution is 2.36. The molecule has 2 aromatic carbocycles. The van der Waals surface area contributed by atoms with Crippen molar-refractivity contribution < 1.29 is 29.3 Å². The van der Waals surface area contributed by atoms with Gasteiger partial charge in [0.05, 0.1) is 9.79 Å². The lowest BCUT2D eigenvalue weighted by molar-refractivity contribution is 0.401. The Labute approximate surface area is 215 Å². The fraction of sp³-hybridized carbons (Fsp3) is 0.333. The second kappa shape index (κ2) is 12.5. The van der Waals surface area contributed by atoms with Crippen molar-refractivity contribution >= 4 is 23.5 Å². The summed E-state index contributed by atoms with van der Waals surface area (Å²) in [5.74, 6) is 1.06. The maximum atomic E-state index is 9.86. The van der Waals surface area contributed by atoms with Crippen molar-refractivity contribution in [1.29, 1.82) is 0 Å². The largest absolute Gasteiger partial charge is 0.508 e. The molecule has 0 saturated carbocycles. The lowest BCUT2D eigenvalue weighted by atomic mass is 10.1. The number of phenols is 4. The number of rotatable bonds is 13. The molecular weight excluding hydrogens is 504 g/mol. The highest BCUT2D eigenvalue weighted by Gasteiger charge is 2.12. The quantitative estimate of drug-likeness (QED) is 0.156. The SMILES string of the molecule is Oc1ccc(Sc2nnc(CCCCCCCCc3nnc(Sc4ccc(O)cc4O)o3)o2)c(O)c1. The van der Waals surface area contributed by atoms with Crippen LogP contribution in [0.2, 0.25) is 0 Å². The maximum absolute atomic E-state index is 9.86. The molecule has 2 aromatic heterocycles. The predicted molar refractivity (Wildman–Crippen MR) is 131 cm³/mol. The molecule has 190 valence electrons. The van der Waals surface area contributed by atoms with Gasteiger partial charge < -0.3 is 29.3 Å². The number of nitrogens with zero attached hydrogens (tertiary/aromatic N) is 4. The summed E-state index contributed by atoms with van der Waals surface area (Å²) < 4.78 is 11.3. The summed E-state index contributed by atoms with van der Waals surface area (Å²) in [5, 5.41) is 55.3. The maximum Gasteiger partial charge on any atom is 0.281 e. The van der Waals surface area contributed by atoms with Gasteiger partial charge in [0, 0.05) is 25.0 Å². The molecular formula is C24H26N4O6S2. The first-order valence-corrected chi connectivity index (χ1v) is 13.1. The molecule has 0 spiro atoms. The average molecular weight is 531 g/mol. The molecule has 0 atom stereocenters. The molecule has 0 fully saturated rings. The number of unbranched alkanes of at least 4 members (excludes halogenated alkanes) is 5. The molecule has 2 heterocycles. The molecule has 0 aliphatic rings. The molecule has 4 rings (SSSR count). The summed E-state index contributed by atoms with van der Waals surface area (Å²) in [4.78, 5) is 1.07. The summed E-state index contributed by atoms with van der Waals surface area (Å²) in [5.41, 5.74) is 0. The zero-order chi connectivity index (χ0) is 25.3. The van der Waals surface area contributed by atoms with Crippen LogP contribution in [-0.4, -0.2) is 40.8 Å². The van der Waals surface area contributed by atoms with Crippen molar-refractivity contribution in [1.82, 2.24) is 20.4 Å². The van der Waals surface area contributed by atoms with E-state index in [9.17, 15) is 20.4 Å². The highest BCUT2D eigenvalue weighted by atomic mass is 32.2. The van der Waals surface area contributed by atoms with Crippen LogP contribution in [0.3, 0.4) is 0 Å². The number of benzene rings is 2. The van der Waals surface area contributed by atoms with Gasteiger partial charge in [0.25, 0.3) is 10.4 Å². The van der Waals surface area contributed by atoms with Gasteiger partial charge in [0.15, 0.2) is 0 Å². The van der Waals surface area contributed by atoms with Crippen molar-refractivity contribution in [3.05, 3.63) is 48.2 Å². The van der Waals surface area contributed by atoms with Gasteiger partial charge in [0.1, 0.15) is 23.0 Å². The van der Waals surface area contributed by atoms with Crippen molar-refractivity contribution in [3.63, 3.8) is 0 Å². The Balaban J connectivity index is 1.08. The summed E-state index contributed by atoms with van der Waals surface area (Å²) in [6.45, 7) is 0. The standard InChI is InChI=1S/C24H26N4O6S2/c29-15-9-11-19(17(31)13-15)35-23-27-25-21(33-23)7-5-3-1-2-4-6-8-22-26-28-24(34-22)36-20-12-10-16(30)14-18(20)32/h9-14,29-32H,1-8H2. The van der Waals surface area contributed by atoms with Gasteiger partial charge in [-0.15, -0.1) is 20.4 Å². The second-order valence-electron chi connectivity index (χ2n) is 8.05. The Bertz CT molecular complexity index is 1180. The second-order valence-corrected chi connectivity index (χ2v) is 10.0. The Morgan fingerprint density at radius 1 is 0.556 bits per heavy atom. The first kappa shape index (κ1) is 25.7. The van der Waals surface area contributed by atoms with Gasteiger partial charge in [-0.3, -0.25) is 0 Å². The zero-order valence-corrected chi connectivity index (χ0v) is 21.0. The first-order valence-electron chi connectivity index (χ1n) is 11.5. The molecule has 0 radical (unpaired) electrons. The number of aromatic hydroxyl groups is 4.